The van der Waals surface area contributed by atoms with Crippen molar-refractivity contribution in [3.8, 4) is 0 Å². The molecule has 0 N–H and O–H groups in total. The lowest BCUT2D eigenvalue weighted by Gasteiger charge is -2.28. The van der Waals surface area contributed by atoms with Crippen molar-refractivity contribution in [2.24, 2.45) is 5.92 Å². The maximum Gasteiger partial charge on any atom is 0.222 e. The van der Waals surface area contributed by atoms with E-state index in [9.17, 15) is 9.18 Å². The molecule has 0 bridgehead atoms. The van der Waals surface area contributed by atoms with Crippen molar-refractivity contribution in [2.75, 3.05) is 6.54 Å². The van der Waals surface area contributed by atoms with Gasteiger partial charge in [0, 0.05) is 18.9 Å². The van der Waals surface area contributed by atoms with E-state index < -0.39 is 6.17 Å². The molecule has 2 nitrogen and oxygen atoms in total. The van der Waals surface area contributed by atoms with Gasteiger partial charge in [-0.2, -0.15) is 0 Å². The molecule has 82 valence electrons. The Balaban J connectivity index is 2.67. The van der Waals surface area contributed by atoms with Crippen molar-refractivity contribution in [3.05, 3.63) is 0 Å². The Morgan fingerprint density at radius 1 is 1.57 bits per heavy atom. The van der Waals surface area contributed by atoms with Crippen LogP contribution in [0, 0.1) is 5.92 Å². The topological polar surface area (TPSA) is 20.3 Å². The highest BCUT2D eigenvalue weighted by Crippen LogP contribution is 2.28. The molecule has 0 spiro atoms. The van der Waals surface area contributed by atoms with E-state index in [2.05, 4.69) is 13.8 Å². The van der Waals surface area contributed by atoms with Crippen molar-refractivity contribution in [2.45, 2.75) is 52.2 Å². The zero-order chi connectivity index (χ0) is 10.7. The van der Waals surface area contributed by atoms with Crippen molar-refractivity contribution in [1.29, 1.82) is 0 Å². The fourth-order valence-corrected chi connectivity index (χ4v) is 2.11. The van der Waals surface area contributed by atoms with Gasteiger partial charge in [0.25, 0.3) is 0 Å². The molecule has 1 heterocycles. The summed E-state index contributed by atoms with van der Waals surface area (Å²) >= 11 is 0. The van der Waals surface area contributed by atoms with E-state index in [1.165, 1.54) is 0 Å². The third kappa shape index (κ3) is 2.25. The van der Waals surface area contributed by atoms with Gasteiger partial charge in [0.1, 0.15) is 6.17 Å². The van der Waals surface area contributed by atoms with E-state index in [0.717, 1.165) is 6.42 Å². The Morgan fingerprint density at radius 2 is 2.21 bits per heavy atom. The lowest BCUT2D eigenvalue weighted by atomic mass is 9.96. The predicted molar refractivity (Wildman–Crippen MR) is 54.8 cm³/mol. The average Bonchev–Trinajstić information content (AvgIpc) is 2.58. The van der Waals surface area contributed by atoms with E-state index in [4.69, 9.17) is 0 Å². The highest BCUT2D eigenvalue weighted by Gasteiger charge is 2.36. The molecule has 1 amide bonds. The Kier molecular flexibility index (Phi) is 3.90. The monoisotopic (exact) mass is 201 g/mol. The maximum absolute atomic E-state index is 13.2. The summed E-state index contributed by atoms with van der Waals surface area (Å²) in [7, 11) is 0. The molecule has 1 saturated heterocycles. The Labute approximate surface area is 85.5 Å². The summed E-state index contributed by atoms with van der Waals surface area (Å²) in [6.45, 7) is 6.33. The van der Waals surface area contributed by atoms with Crippen molar-refractivity contribution < 1.29 is 9.18 Å². The van der Waals surface area contributed by atoms with Crippen molar-refractivity contribution >= 4 is 5.91 Å². The van der Waals surface area contributed by atoms with E-state index in [1.807, 2.05) is 6.92 Å². The van der Waals surface area contributed by atoms with Crippen LogP contribution < -0.4 is 0 Å². The number of rotatable bonds is 3. The Bertz CT molecular complexity index is 207. The van der Waals surface area contributed by atoms with Crippen molar-refractivity contribution in [3.63, 3.8) is 0 Å². The second-order valence-corrected chi connectivity index (χ2v) is 4.19. The van der Waals surface area contributed by atoms with Gasteiger partial charge in [-0.05, 0) is 5.92 Å². The van der Waals surface area contributed by atoms with Gasteiger partial charge in [-0.25, -0.2) is 4.39 Å². The van der Waals surface area contributed by atoms with Crippen LogP contribution in [-0.2, 0) is 4.79 Å². The van der Waals surface area contributed by atoms with Crippen LogP contribution in [0.3, 0.4) is 0 Å². The van der Waals surface area contributed by atoms with Crippen LogP contribution >= 0.6 is 0 Å². The number of hydrogen-bond donors (Lipinski definition) is 0. The predicted octanol–water partition coefficient (Wildman–Crippen LogP) is 2.38. The highest BCUT2D eigenvalue weighted by molar-refractivity contribution is 5.76. The molecule has 2 unspecified atom stereocenters. The summed E-state index contributed by atoms with van der Waals surface area (Å²) < 4.78 is 13.2. The van der Waals surface area contributed by atoms with Gasteiger partial charge in [-0.1, -0.05) is 27.2 Å². The molecule has 3 heteroatoms. The first-order valence-electron chi connectivity index (χ1n) is 5.53. The molecule has 0 saturated carbocycles. The summed E-state index contributed by atoms with van der Waals surface area (Å²) in [6, 6.07) is 0.127. The summed E-state index contributed by atoms with van der Waals surface area (Å²) in [5.74, 6) is 0.502. The van der Waals surface area contributed by atoms with Gasteiger partial charge in [-0.15, -0.1) is 0 Å². The van der Waals surface area contributed by atoms with Crippen LogP contribution in [-0.4, -0.2) is 29.6 Å². The molecule has 0 aromatic heterocycles. The number of alkyl halides is 1. The minimum absolute atomic E-state index is 0.0930. The van der Waals surface area contributed by atoms with E-state index >= 15 is 0 Å². The van der Waals surface area contributed by atoms with Gasteiger partial charge in [0.05, 0.1) is 6.54 Å². The van der Waals surface area contributed by atoms with Crippen molar-refractivity contribution in [1.82, 2.24) is 4.90 Å². The largest absolute Gasteiger partial charge is 0.336 e. The molecular weight excluding hydrogens is 181 g/mol. The van der Waals surface area contributed by atoms with Crippen LogP contribution in [0.1, 0.15) is 40.0 Å². The summed E-state index contributed by atoms with van der Waals surface area (Å²) in [5, 5.41) is 0. The highest BCUT2D eigenvalue weighted by atomic mass is 19.1. The van der Waals surface area contributed by atoms with Gasteiger partial charge in [-0.3, -0.25) is 4.79 Å². The number of carbonyl (C=O) groups is 1. The van der Waals surface area contributed by atoms with Crippen LogP contribution in [0.5, 0.6) is 0 Å². The molecule has 0 aromatic rings. The summed E-state index contributed by atoms with van der Waals surface area (Å²) in [4.78, 5) is 13.3. The van der Waals surface area contributed by atoms with E-state index in [0.29, 0.717) is 25.3 Å². The van der Waals surface area contributed by atoms with Gasteiger partial charge >= 0.3 is 0 Å². The molecule has 1 rings (SSSR count). The van der Waals surface area contributed by atoms with Crippen LogP contribution in [0.25, 0.3) is 0 Å². The average molecular weight is 201 g/mol. The zero-order valence-corrected chi connectivity index (χ0v) is 9.29. The molecule has 0 aromatic carbocycles. The minimum Gasteiger partial charge on any atom is -0.336 e. The minimum atomic E-state index is -0.815. The number of amides is 1. The normalized spacial score (nSPS) is 29.3. The molecule has 1 aliphatic heterocycles. The van der Waals surface area contributed by atoms with E-state index in [-0.39, 0.29) is 11.9 Å². The number of nitrogens with zero attached hydrogens (tertiary/aromatic N) is 1. The van der Waals surface area contributed by atoms with Crippen LogP contribution in [0.4, 0.5) is 4.39 Å². The van der Waals surface area contributed by atoms with Gasteiger partial charge in [0.15, 0.2) is 0 Å². The quantitative estimate of drug-likeness (QED) is 0.686. The molecule has 3 atom stereocenters. The summed E-state index contributed by atoms with van der Waals surface area (Å²) in [5.41, 5.74) is 0. The van der Waals surface area contributed by atoms with Crippen LogP contribution in [0.2, 0.25) is 0 Å². The summed E-state index contributed by atoms with van der Waals surface area (Å²) in [6.07, 6.45) is 1.20. The molecule has 1 aliphatic rings. The lowest BCUT2D eigenvalue weighted by Crippen LogP contribution is -2.38. The Hall–Kier alpha value is -0.600. The standard InChI is InChI=1S/C11H20FNO/c1-4-8(3)10-6-9(12)7-13(10)11(14)5-2/h8-10H,4-7H2,1-3H3/t8?,9?,10-/m0/s1. The second kappa shape index (κ2) is 4.76. The van der Waals surface area contributed by atoms with Gasteiger partial charge < -0.3 is 4.90 Å². The fraction of sp³-hybridized carbons (Fsp3) is 0.909. The first-order chi connectivity index (χ1) is 6.60. The smallest absolute Gasteiger partial charge is 0.222 e. The van der Waals surface area contributed by atoms with Crippen LogP contribution in [0.15, 0.2) is 0 Å². The third-order valence-electron chi connectivity index (χ3n) is 3.22. The lowest BCUT2D eigenvalue weighted by molar-refractivity contribution is -0.132. The van der Waals surface area contributed by atoms with E-state index in [1.54, 1.807) is 4.90 Å². The number of likely N-dealkylation sites (tertiary alicyclic amines) is 1. The SMILES string of the molecule is CCC(=O)N1CC(F)C[C@H]1C(C)CC. The number of carbonyl (C=O) groups excluding carboxylic acids is 1. The second-order valence-electron chi connectivity index (χ2n) is 4.19. The number of hydrogen-bond acceptors (Lipinski definition) is 1. The molecule has 1 fully saturated rings. The third-order valence-corrected chi connectivity index (χ3v) is 3.22. The van der Waals surface area contributed by atoms with Gasteiger partial charge in [0.2, 0.25) is 5.91 Å². The first kappa shape index (κ1) is 11.5. The Morgan fingerprint density at radius 3 is 2.71 bits per heavy atom. The molecule has 0 aliphatic carbocycles. The fourth-order valence-electron chi connectivity index (χ4n) is 2.11. The zero-order valence-electron chi connectivity index (χ0n) is 9.29. The molecule has 14 heavy (non-hydrogen) atoms. The molecule has 0 radical (unpaired) electrons. The first-order valence-corrected chi connectivity index (χ1v) is 5.53. The molecular formula is C11H20FNO. The number of halogens is 1. The maximum atomic E-state index is 13.2.